The molecule has 114 valence electrons. The Kier molecular flexibility index (Phi) is 4.49. The van der Waals surface area contributed by atoms with E-state index in [1.165, 1.54) is 0 Å². The molecule has 0 aliphatic rings. The Morgan fingerprint density at radius 3 is 2.48 bits per heavy atom. The first kappa shape index (κ1) is 15.7. The van der Waals surface area contributed by atoms with Crippen molar-refractivity contribution in [2.24, 2.45) is 0 Å². The molecule has 1 aromatic heterocycles. The first-order valence-corrected chi connectivity index (χ1v) is 8.28. The van der Waals surface area contributed by atoms with Crippen molar-refractivity contribution in [1.29, 1.82) is 0 Å². The summed E-state index contributed by atoms with van der Waals surface area (Å²) in [6.07, 6.45) is 0.561. The summed E-state index contributed by atoms with van der Waals surface area (Å²) in [6.45, 7) is 7.74. The van der Waals surface area contributed by atoms with Crippen molar-refractivity contribution in [1.82, 2.24) is 9.88 Å². The molecule has 1 aromatic carbocycles. The highest BCUT2D eigenvalue weighted by Gasteiger charge is 2.17. The van der Waals surface area contributed by atoms with Crippen LogP contribution in [-0.2, 0) is 16.4 Å². The fourth-order valence-corrected chi connectivity index (χ4v) is 3.60. The van der Waals surface area contributed by atoms with Gasteiger partial charge in [0.1, 0.15) is 5.76 Å². The highest BCUT2D eigenvalue weighted by molar-refractivity contribution is 7.89. The zero-order valence-electron chi connectivity index (χ0n) is 12.7. The van der Waals surface area contributed by atoms with Crippen LogP contribution >= 0.6 is 0 Å². The van der Waals surface area contributed by atoms with E-state index in [2.05, 4.69) is 9.88 Å². The smallest absolute Gasteiger partial charge is 0.240 e. The van der Waals surface area contributed by atoms with Gasteiger partial charge < -0.3 is 4.52 Å². The molecule has 2 aromatic rings. The van der Waals surface area contributed by atoms with Gasteiger partial charge in [0.2, 0.25) is 10.0 Å². The lowest BCUT2D eigenvalue weighted by atomic mass is 10.1. The van der Waals surface area contributed by atoms with Crippen LogP contribution in [0.3, 0.4) is 0 Å². The van der Waals surface area contributed by atoms with Crippen molar-refractivity contribution in [3.63, 3.8) is 0 Å². The maximum absolute atomic E-state index is 12.3. The van der Waals surface area contributed by atoms with Gasteiger partial charge >= 0.3 is 0 Å². The molecule has 0 unspecified atom stereocenters. The van der Waals surface area contributed by atoms with Crippen LogP contribution in [0.25, 0.3) is 0 Å². The van der Waals surface area contributed by atoms with Gasteiger partial charge in [-0.1, -0.05) is 22.9 Å². The Bertz CT molecular complexity index is 729. The molecular formula is C15H20N2O3S. The standard InChI is InChI=1S/C15H20N2O3S/c1-10-5-6-15(11(2)9-10)21(18,19)16-8-7-14-12(3)17-20-13(14)4/h5-6,9,16H,7-8H2,1-4H3. The third-order valence-electron chi connectivity index (χ3n) is 3.47. The lowest BCUT2D eigenvalue weighted by molar-refractivity contribution is 0.392. The van der Waals surface area contributed by atoms with Crippen molar-refractivity contribution in [3.05, 3.63) is 46.3 Å². The molecule has 0 bridgehead atoms. The van der Waals surface area contributed by atoms with Gasteiger partial charge in [-0.05, 0) is 45.7 Å². The van der Waals surface area contributed by atoms with E-state index in [4.69, 9.17) is 4.52 Å². The average Bonchev–Trinajstić information content (AvgIpc) is 2.69. The lowest BCUT2D eigenvalue weighted by Gasteiger charge is -2.10. The van der Waals surface area contributed by atoms with Gasteiger partial charge in [0.15, 0.2) is 0 Å². The second-order valence-corrected chi connectivity index (χ2v) is 6.95. The number of benzene rings is 1. The van der Waals surface area contributed by atoms with Crippen molar-refractivity contribution in [3.8, 4) is 0 Å². The number of sulfonamides is 1. The van der Waals surface area contributed by atoms with Gasteiger partial charge in [-0.25, -0.2) is 13.1 Å². The minimum absolute atomic E-state index is 0.318. The summed E-state index contributed by atoms with van der Waals surface area (Å²) in [5.41, 5.74) is 3.55. The largest absolute Gasteiger partial charge is 0.361 e. The summed E-state index contributed by atoms with van der Waals surface area (Å²) in [7, 11) is -3.49. The van der Waals surface area contributed by atoms with E-state index in [0.717, 1.165) is 28.1 Å². The summed E-state index contributed by atoms with van der Waals surface area (Å²) in [6, 6.07) is 5.31. The third kappa shape index (κ3) is 3.51. The summed E-state index contributed by atoms with van der Waals surface area (Å²) >= 11 is 0. The zero-order chi connectivity index (χ0) is 15.6. The number of aromatic nitrogens is 1. The normalized spacial score (nSPS) is 11.8. The fraction of sp³-hybridized carbons (Fsp3) is 0.400. The van der Waals surface area contributed by atoms with E-state index < -0.39 is 10.0 Å². The molecular weight excluding hydrogens is 288 g/mol. The highest BCUT2D eigenvalue weighted by Crippen LogP contribution is 2.17. The van der Waals surface area contributed by atoms with Gasteiger partial charge in [-0.2, -0.15) is 0 Å². The monoisotopic (exact) mass is 308 g/mol. The molecule has 0 fully saturated rings. The van der Waals surface area contributed by atoms with Crippen molar-refractivity contribution in [2.75, 3.05) is 6.54 Å². The molecule has 0 amide bonds. The Morgan fingerprint density at radius 2 is 1.90 bits per heavy atom. The SMILES string of the molecule is Cc1ccc(S(=O)(=O)NCCc2c(C)noc2C)c(C)c1. The Hall–Kier alpha value is -1.66. The van der Waals surface area contributed by atoms with Crippen LogP contribution in [0.15, 0.2) is 27.6 Å². The highest BCUT2D eigenvalue weighted by atomic mass is 32.2. The van der Waals surface area contributed by atoms with Crippen LogP contribution in [-0.4, -0.2) is 20.1 Å². The van der Waals surface area contributed by atoms with Crippen LogP contribution < -0.4 is 4.72 Å². The summed E-state index contributed by atoms with van der Waals surface area (Å²) in [5.74, 6) is 0.734. The van der Waals surface area contributed by atoms with E-state index in [0.29, 0.717) is 17.9 Å². The van der Waals surface area contributed by atoms with Crippen LogP contribution in [0.5, 0.6) is 0 Å². The Morgan fingerprint density at radius 1 is 1.19 bits per heavy atom. The third-order valence-corrected chi connectivity index (χ3v) is 5.09. The molecule has 1 N–H and O–H groups in total. The maximum atomic E-state index is 12.3. The Balaban J connectivity index is 2.08. The van der Waals surface area contributed by atoms with Crippen molar-refractivity contribution < 1.29 is 12.9 Å². The molecule has 6 heteroatoms. The predicted octanol–water partition coefficient (Wildman–Crippen LogP) is 2.43. The molecule has 1 heterocycles. The average molecular weight is 308 g/mol. The summed E-state index contributed by atoms with van der Waals surface area (Å²) < 4.78 is 32.3. The van der Waals surface area contributed by atoms with Crippen LogP contribution in [0.1, 0.15) is 28.1 Å². The summed E-state index contributed by atoms with van der Waals surface area (Å²) in [4.78, 5) is 0.326. The van der Waals surface area contributed by atoms with E-state index in [-0.39, 0.29) is 0 Å². The molecule has 0 spiro atoms. The van der Waals surface area contributed by atoms with E-state index in [1.54, 1.807) is 19.1 Å². The molecule has 0 saturated carbocycles. The fourth-order valence-electron chi connectivity index (χ4n) is 2.35. The Labute approximate surface area is 125 Å². The van der Waals surface area contributed by atoms with Gasteiger partial charge in [-0.15, -0.1) is 0 Å². The van der Waals surface area contributed by atoms with E-state index >= 15 is 0 Å². The van der Waals surface area contributed by atoms with Crippen LogP contribution in [0.2, 0.25) is 0 Å². The molecule has 21 heavy (non-hydrogen) atoms. The number of nitrogens with one attached hydrogen (secondary N) is 1. The number of hydrogen-bond donors (Lipinski definition) is 1. The topological polar surface area (TPSA) is 72.2 Å². The quantitative estimate of drug-likeness (QED) is 0.921. The van der Waals surface area contributed by atoms with E-state index in [9.17, 15) is 8.42 Å². The number of nitrogens with zero attached hydrogens (tertiary/aromatic N) is 1. The summed E-state index contributed by atoms with van der Waals surface area (Å²) in [5, 5.41) is 3.86. The predicted molar refractivity (Wildman–Crippen MR) is 80.8 cm³/mol. The minimum Gasteiger partial charge on any atom is -0.361 e. The van der Waals surface area contributed by atoms with Gasteiger partial charge in [-0.3, -0.25) is 0 Å². The molecule has 0 aliphatic heterocycles. The molecule has 0 radical (unpaired) electrons. The van der Waals surface area contributed by atoms with Crippen LogP contribution in [0.4, 0.5) is 0 Å². The molecule has 2 rings (SSSR count). The molecule has 0 saturated heterocycles. The molecule has 0 aliphatic carbocycles. The lowest BCUT2D eigenvalue weighted by Crippen LogP contribution is -2.26. The first-order chi connectivity index (χ1) is 9.81. The van der Waals surface area contributed by atoms with Gasteiger partial charge in [0.25, 0.3) is 0 Å². The van der Waals surface area contributed by atoms with Gasteiger partial charge in [0, 0.05) is 12.1 Å². The van der Waals surface area contributed by atoms with Crippen LogP contribution in [0, 0.1) is 27.7 Å². The number of aryl methyl sites for hydroxylation is 4. The van der Waals surface area contributed by atoms with Crippen molar-refractivity contribution >= 4 is 10.0 Å². The van der Waals surface area contributed by atoms with Crippen molar-refractivity contribution in [2.45, 2.75) is 39.0 Å². The molecule has 5 nitrogen and oxygen atoms in total. The second-order valence-electron chi connectivity index (χ2n) is 5.22. The second kappa shape index (κ2) is 5.99. The van der Waals surface area contributed by atoms with Gasteiger partial charge in [0.05, 0.1) is 10.6 Å². The number of hydrogen-bond acceptors (Lipinski definition) is 4. The maximum Gasteiger partial charge on any atom is 0.240 e. The molecule has 0 atom stereocenters. The van der Waals surface area contributed by atoms with E-state index in [1.807, 2.05) is 26.8 Å². The zero-order valence-corrected chi connectivity index (χ0v) is 13.5. The minimum atomic E-state index is -3.49. The number of rotatable bonds is 5. The first-order valence-electron chi connectivity index (χ1n) is 6.80.